The molecule has 0 atom stereocenters. The van der Waals surface area contributed by atoms with E-state index in [2.05, 4.69) is 5.18 Å². The number of rotatable bonds is 6. The second-order valence-corrected chi connectivity index (χ2v) is 6.52. The molecular weight excluding hydrogens is 422 g/mol. The fourth-order valence-electron chi connectivity index (χ4n) is 3.25. The Labute approximate surface area is 173 Å². The normalized spacial score (nSPS) is 13.2. The van der Waals surface area contributed by atoms with Crippen LogP contribution >= 0.6 is 0 Å². The van der Waals surface area contributed by atoms with Crippen molar-refractivity contribution in [3.8, 4) is 16.9 Å². The van der Waals surface area contributed by atoms with Crippen LogP contribution in [0.5, 0.6) is 5.75 Å². The topological polar surface area (TPSA) is 96.9 Å². The Hall–Kier alpha value is -3.76. The van der Waals surface area contributed by atoms with Crippen LogP contribution in [0.15, 0.2) is 40.6 Å². The predicted molar refractivity (Wildman–Crippen MR) is 102 cm³/mol. The molecule has 0 aliphatic heterocycles. The third-order valence-corrected chi connectivity index (χ3v) is 4.76. The van der Waals surface area contributed by atoms with Gasteiger partial charge in [-0.25, -0.2) is 17.6 Å². The Bertz CT molecular complexity index is 1090. The maximum absolute atomic E-state index is 14.6. The Kier molecular flexibility index (Phi) is 6.33. The van der Waals surface area contributed by atoms with Crippen molar-refractivity contribution in [1.82, 2.24) is 5.43 Å². The first-order valence-electron chi connectivity index (χ1n) is 8.96. The number of anilines is 1. The van der Waals surface area contributed by atoms with Crippen LogP contribution in [0.4, 0.5) is 23.2 Å². The van der Waals surface area contributed by atoms with Crippen LogP contribution in [0.3, 0.4) is 0 Å². The van der Waals surface area contributed by atoms with Crippen LogP contribution in [0.25, 0.3) is 11.1 Å². The molecular formula is C20H15F4N3O4. The zero-order valence-corrected chi connectivity index (χ0v) is 16.0. The van der Waals surface area contributed by atoms with E-state index < -0.39 is 46.3 Å². The Balaban J connectivity index is 1.92. The quantitative estimate of drug-likeness (QED) is 0.307. The third-order valence-electron chi connectivity index (χ3n) is 4.76. The molecule has 11 heteroatoms. The van der Waals surface area contributed by atoms with Crippen LogP contribution in [0.1, 0.15) is 19.3 Å². The summed E-state index contributed by atoms with van der Waals surface area (Å²) < 4.78 is 63.1. The van der Waals surface area contributed by atoms with Gasteiger partial charge in [-0.3, -0.25) is 20.4 Å². The number of hydrogen-bond donors (Lipinski definition) is 2. The van der Waals surface area contributed by atoms with E-state index in [-0.39, 0.29) is 35.3 Å². The molecule has 2 N–H and O–H groups in total. The maximum atomic E-state index is 14.6. The van der Waals surface area contributed by atoms with E-state index in [0.29, 0.717) is 6.42 Å². The van der Waals surface area contributed by atoms with Crippen molar-refractivity contribution in [1.29, 1.82) is 0 Å². The number of hydrogen-bond acceptors (Lipinski definition) is 5. The van der Waals surface area contributed by atoms with Crippen LogP contribution in [-0.2, 0) is 9.59 Å². The van der Waals surface area contributed by atoms with E-state index in [1.807, 2.05) is 10.9 Å². The van der Waals surface area contributed by atoms with Crippen molar-refractivity contribution in [3.05, 3.63) is 63.6 Å². The highest BCUT2D eigenvalue weighted by Gasteiger charge is 2.29. The second-order valence-electron chi connectivity index (χ2n) is 6.52. The number of methoxy groups -OCH3 is 1. The van der Waals surface area contributed by atoms with E-state index in [0.717, 1.165) is 0 Å². The summed E-state index contributed by atoms with van der Waals surface area (Å²) >= 11 is 0. The molecule has 3 rings (SSSR count). The number of nitroso groups, excluding NO2 is 1. The Morgan fingerprint density at radius 3 is 2.26 bits per heavy atom. The van der Waals surface area contributed by atoms with Crippen molar-refractivity contribution in [2.24, 2.45) is 5.18 Å². The van der Waals surface area contributed by atoms with E-state index in [1.165, 1.54) is 31.4 Å². The maximum Gasteiger partial charge on any atom is 0.313 e. The van der Waals surface area contributed by atoms with Gasteiger partial charge in [0, 0.05) is 16.3 Å². The number of nitrogens with zero attached hydrogens (tertiary/aromatic N) is 1. The van der Waals surface area contributed by atoms with Crippen LogP contribution < -0.4 is 15.6 Å². The molecule has 0 spiro atoms. The number of ether oxygens (including phenoxy) is 1. The van der Waals surface area contributed by atoms with Gasteiger partial charge >= 0.3 is 5.91 Å². The summed E-state index contributed by atoms with van der Waals surface area (Å²) in [5.74, 6) is -8.83. The summed E-state index contributed by atoms with van der Waals surface area (Å²) in [6.07, 6.45) is 0.641. The van der Waals surface area contributed by atoms with Gasteiger partial charge in [-0.05, 0) is 37.0 Å². The number of nitrogens with one attached hydrogen (secondary N) is 2. The van der Waals surface area contributed by atoms with Gasteiger partial charge in [0.1, 0.15) is 11.4 Å². The Morgan fingerprint density at radius 2 is 1.65 bits per heavy atom. The molecule has 0 heterocycles. The fraction of sp³-hybridized carbons (Fsp3) is 0.200. The predicted octanol–water partition coefficient (Wildman–Crippen LogP) is 4.14. The third kappa shape index (κ3) is 4.11. The Morgan fingerprint density at radius 1 is 1.00 bits per heavy atom. The lowest BCUT2D eigenvalue weighted by molar-refractivity contribution is -0.118. The molecule has 0 bridgehead atoms. The minimum Gasteiger partial charge on any atom is -0.497 e. The first-order valence-corrected chi connectivity index (χ1v) is 8.96. The highest BCUT2D eigenvalue weighted by molar-refractivity contribution is 6.06. The highest BCUT2D eigenvalue weighted by atomic mass is 19.2. The molecule has 1 aliphatic carbocycles. The smallest absolute Gasteiger partial charge is 0.313 e. The van der Waals surface area contributed by atoms with Gasteiger partial charge in [0.25, 0.3) is 5.91 Å². The molecule has 0 saturated heterocycles. The number of carbonyl (C=O) groups excluding carboxylic acids is 2. The standard InChI is InChI=1S/C20H15F4N3O4/c1-31-10-5-2-4-9(8-10)13-14(21)16(23)18(17(24)15(13)22)25-26-19(28)11-6-3-7-12(11)20(29)27-30/h2,4-5,8,25H,3,6-7H2,1H3,(H,26,28). The van der Waals surface area contributed by atoms with Gasteiger partial charge in [-0.1, -0.05) is 12.1 Å². The summed E-state index contributed by atoms with van der Waals surface area (Å²) in [5, 5.41) is 2.25. The lowest BCUT2D eigenvalue weighted by Gasteiger charge is -2.15. The summed E-state index contributed by atoms with van der Waals surface area (Å²) in [7, 11) is 1.31. The zero-order chi connectivity index (χ0) is 22.7. The van der Waals surface area contributed by atoms with Gasteiger partial charge in [-0.2, -0.15) is 0 Å². The second kappa shape index (κ2) is 8.94. The summed E-state index contributed by atoms with van der Waals surface area (Å²) in [5.41, 5.74) is 1.09. The largest absolute Gasteiger partial charge is 0.497 e. The lowest BCUT2D eigenvalue weighted by Crippen LogP contribution is -2.32. The van der Waals surface area contributed by atoms with E-state index in [1.54, 1.807) is 0 Å². The van der Waals surface area contributed by atoms with Gasteiger partial charge in [0.15, 0.2) is 23.3 Å². The molecule has 0 aromatic heterocycles. The lowest BCUT2D eigenvalue weighted by atomic mass is 10.0. The van der Waals surface area contributed by atoms with Crippen LogP contribution in [-0.4, -0.2) is 18.9 Å². The van der Waals surface area contributed by atoms with Gasteiger partial charge in [-0.15, -0.1) is 4.91 Å². The van der Waals surface area contributed by atoms with E-state index >= 15 is 0 Å². The first kappa shape index (κ1) is 21.9. The zero-order valence-electron chi connectivity index (χ0n) is 16.0. The number of carbonyl (C=O) groups is 2. The molecule has 0 saturated carbocycles. The molecule has 0 unspecified atom stereocenters. The van der Waals surface area contributed by atoms with Crippen molar-refractivity contribution in [3.63, 3.8) is 0 Å². The van der Waals surface area contributed by atoms with Gasteiger partial charge in [0.05, 0.1) is 12.7 Å². The molecule has 0 radical (unpaired) electrons. The summed E-state index contributed by atoms with van der Waals surface area (Å²) in [4.78, 5) is 34.1. The first-order chi connectivity index (χ1) is 14.8. The van der Waals surface area contributed by atoms with E-state index in [9.17, 15) is 32.1 Å². The van der Waals surface area contributed by atoms with Crippen molar-refractivity contribution < 1.29 is 31.9 Å². The molecule has 31 heavy (non-hydrogen) atoms. The average Bonchev–Trinajstić information content (AvgIpc) is 3.27. The van der Waals surface area contributed by atoms with Crippen molar-refractivity contribution >= 4 is 17.5 Å². The minimum absolute atomic E-state index is 0.105. The van der Waals surface area contributed by atoms with Gasteiger partial charge in [0.2, 0.25) is 0 Å². The molecule has 162 valence electrons. The van der Waals surface area contributed by atoms with Crippen LogP contribution in [0.2, 0.25) is 0 Å². The summed E-state index contributed by atoms with van der Waals surface area (Å²) in [6.45, 7) is 0. The number of benzene rings is 2. The van der Waals surface area contributed by atoms with E-state index in [4.69, 9.17) is 4.74 Å². The van der Waals surface area contributed by atoms with Crippen molar-refractivity contribution in [2.45, 2.75) is 19.3 Å². The number of hydrazine groups is 1. The molecule has 1 aliphatic rings. The van der Waals surface area contributed by atoms with Gasteiger partial charge < -0.3 is 4.74 Å². The fourth-order valence-corrected chi connectivity index (χ4v) is 3.25. The highest BCUT2D eigenvalue weighted by Crippen LogP contribution is 2.35. The average molecular weight is 437 g/mol. The summed E-state index contributed by atoms with van der Waals surface area (Å²) in [6, 6.07) is 5.30. The molecule has 2 amide bonds. The molecule has 2 aromatic rings. The van der Waals surface area contributed by atoms with Crippen molar-refractivity contribution in [2.75, 3.05) is 12.5 Å². The molecule has 0 fully saturated rings. The monoisotopic (exact) mass is 437 g/mol. The van der Waals surface area contributed by atoms with Crippen LogP contribution in [0, 0.1) is 28.2 Å². The number of amides is 2. The molecule has 2 aromatic carbocycles. The SMILES string of the molecule is COc1cccc(-c2c(F)c(F)c(NNC(=O)C3=C(C(=O)N=O)CCC3)c(F)c2F)c1. The molecule has 7 nitrogen and oxygen atoms in total. The number of halogens is 4. The minimum atomic E-state index is -1.77.